The zero-order chi connectivity index (χ0) is 21.6. The van der Waals surface area contributed by atoms with Gasteiger partial charge in [0.05, 0.1) is 0 Å². The van der Waals surface area contributed by atoms with Crippen LogP contribution in [0.25, 0.3) is 0 Å². The first-order valence-corrected chi connectivity index (χ1v) is 10.4. The highest BCUT2D eigenvalue weighted by molar-refractivity contribution is 6.94. The summed E-state index contributed by atoms with van der Waals surface area (Å²) in [7, 11) is -4.96. The van der Waals surface area contributed by atoms with Crippen LogP contribution in [0.3, 0.4) is 0 Å². The maximum atomic E-state index is 13.3. The smallest absolute Gasteiger partial charge is 0.375 e. The summed E-state index contributed by atoms with van der Waals surface area (Å²) in [5, 5.41) is 0. The molecule has 0 aliphatic rings. The summed E-state index contributed by atoms with van der Waals surface area (Å²) in [6.07, 6.45) is -26.3. The second kappa shape index (κ2) is 9.83. The van der Waals surface area contributed by atoms with Gasteiger partial charge in [-0.15, -0.1) is 0 Å². The molecule has 0 aromatic carbocycles. The molecule has 0 bridgehead atoms. The Morgan fingerprint density at radius 1 is 0.593 bits per heavy atom. The quantitative estimate of drug-likeness (QED) is 0.316. The van der Waals surface area contributed by atoms with E-state index in [1.807, 2.05) is 0 Å². The van der Waals surface area contributed by atoms with Crippen LogP contribution >= 0.6 is 0 Å². The molecule has 0 radical (unpaired) electrons. The summed E-state index contributed by atoms with van der Waals surface area (Å²) in [4.78, 5) is 0. The minimum absolute atomic E-state index is 0.143. The van der Waals surface area contributed by atoms with E-state index in [0.29, 0.717) is 0 Å². The number of alkyl halides is 9. The van der Waals surface area contributed by atoms with Crippen molar-refractivity contribution in [2.75, 3.05) is 19.8 Å². The van der Waals surface area contributed by atoms with Gasteiger partial charge in [0.15, 0.2) is 0 Å². The molecule has 0 heterocycles. The predicted molar refractivity (Wildman–Crippen MR) is 83.2 cm³/mol. The molecule has 0 rings (SSSR count). The van der Waals surface area contributed by atoms with Crippen molar-refractivity contribution in [1.29, 1.82) is 0 Å². The maximum Gasteiger partial charge on any atom is 0.465 e. The lowest BCUT2D eigenvalue weighted by molar-refractivity contribution is -0.164. The van der Waals surface area contributed by atoms with E-state index < -0.39 is 39.1 Å². The van der Waals surface area contributed by atoms with E-state index in [1.165, 1.54) is 20.8 Å². The van der Waals surface area contributed by atoms with Crippen LogP contribution in [0, 0.1) is 0 Å². The minimum atomic E-state index is -6.91. The molecule has 27 heavy (non-hydrogen) atoms. The SMILES string of the molecule is CCCO[Si](C[B-](C(F)(F)F)(C(F)(F)F)C(F)(F)F)(OCCC)OCCC. The number of hydrogen-bond acceptors (Lipinski definition) is 3. The molecule has 0 spiro atoms. The Labute approximate surface area is 152 Å². The van der Waals surface area contributed by atoms with Gasteiger partial charge < -0.3 is 13.3 Å². The van der Waals surface area contributed by atoms with Crippen LogP contribution in [0.5, 0.6) is 0 Å². The Morgan fingerprint density at radius 3 is 1.04 bits per heavy atom. The minimum Gasteiger partial charge on any atom is -0.375 e. The Morgan fingerprint density at radius 2 is 0.852 bits per heavy atom. The van der Waals surface area contributed by atoms with Gasteiger partial charge in [0.25, 0.3) is 18.2 Å². The molecule has 0 fully saturated rings. The molecule has 164 valence electrons. The van der Waals surface area contributed by atoms with E-state index >= 15 is 0 Å². The lowest BCUT2D eigenvalue weighted by atomic mass is 9.23. The number of halogens is 9. The van der Waals surface area contributed by atoms with Gasteiger partial charge in [0, 0.05) is 19.8 Å². The van der Waals surface area contributed by atoms with Gasteiger partial charge in [-0.25, -0.2) is 39.5 Å². The van der Waals surface area contributed by atoms with E-state index in [1.54, 1.807) is 0 Å². The van der Waals surface area contributed by atoms with Gasteiger partial charge >= 0.3 is 15.0 Å². The highest BCUT2D eigenvalue weighted by Crippen LogP contribution is 2.54. The fourth-order valence-electron chi connectivity index (χ4n) is 2.35. The van der Waals surface area contributed by atoms with Crippen molar-refractivity contribution < 1.29 is 52.8 Å². The van der Waals surface area contributed by atoms with Gasteiger partial charge in [-0.05, 0) is 19.3 Å². The standard InChI is InChI=1S/C13H23BF9O3Si/c1-4-7-24-27(25-8-5-2,26-9-6-3)10-14(11(15,16)17,12(18,19)20)13(21,22)23/h4-10H2,1-3H3/q-1. The zero-order valence-electron chi connectivity index (χ0n) is 15.2. The first-order valence-electron chi connectivity index (χ1n) is 8.43. The normalized spacial score (nSPS) is 14.7. The first kappa shape index (κ1) is 26.5. The first-order chi connectivity index (χ1) is 12.1. The molecule has 0 N–H and O–H groups in total. The fourth-order valence-corrected chi connectivity index (χ4v) is 5.95. The Balaban J connectivity index is 6.46. The van der Waals surface area contributed by atoms with E-state index in [-0.39, 0.29) is 39.1 Å². The molecule has 0 atom stereocenters. The van der Waals surface area contributed by atoms with Crippen LogP contribution in [0.2, 0.25) is 5.94 Å². The third kappa shape index (κ3) is 6.26. The molecule has 0 unspecified atom stereocenters. The Hall–Kier alpha value is -0.468. The monoisotopic (exact) mass is 437 g/mol. The second-order valence-electron chi connectivity index (χ2n) is 6.10. The van der Waals surface area contributed by atoms with Crippen LogP contribution in [0.1, 0.15) is 40.0 Å². The van der Waals surface area contributed by atoms with E-state index in [0.717, 1.165) is 0 Å². The van der Waals surface area contributed by atoms with Crippen LogP contribution in [-0.2, 0) is 13.3 Å². The van der Waals surface area contributed by atoms with E-state index in [4.69, 9.17) is 13.3 Å². The average molecular weight is 437 g/mol. The molecule has 0 aliphatic heterocycles. The van der Waals surface area contributed by atoms with Crippen LogP contribution < -0.4 is 0 Å². The Kier molecular flexibility index (Phi) is 9.66. The summed E-state index contributed by atoms with van der Waals surface area (Å²) >= 11 is 0. The molecule has 0 saturated heterocycles. The summed E-state index contributed by atoms with van der Waals surface area (Å²) in [6, 6.07) is 0. The van der Waals surface area contributed by atoms with Crippen LogP contribution in [-0.4, -0.2) is 53.0 Å². The lowest BCUT2D eigenvalue weighted by Crippen LogP contribution is -2.75. The van der Waals surface area contributed by atoms with Gasteiger partial charge in [0.2, 0.25) is 0 Å². The van der Waals surface area contributed by atoms with Crippen LogP contribution in [0.4, 0.5) is 39.5 Å². The number of rotatable bonds is 11. The third-order valence-corrected chi connectivity index (χ3v) is 6.86. The summed E-state index contributed by atoms with van der Waals surface area (Å²) in [5.41, 5.74) is 0. The highest BCUT2D eigenvalue weighted by Gasteiger charge is 2.81. The van der Waals surface area contributed by atoms with Crippen LogP contribution in [0.15, 0.2) is 0 Å². The predicted octanol–water partition coefficient (Wildman–Crippen LogP) is 5.50. The average Bonchev–Trinajstić information content (AvgIpc) is 2.49. The van der Waals surface area contributed by atoms with Gasteiger partial charge in [-0.1, -0.05) is 26.7 Å². The molecule has 0 aromatic rings. The molecular weight excluding hydrogens is 414 g/mol. The van der Waals surface area contributed by atoms with Crippen molar-refractivity contribution in [3.05, 3.63) is 0 Å². The van der Waals surface area contributed by atoms with Crippen molar-refractivity contribution >= 4 is 15.0 Å². The molecule has 0 saturated carbocycles. The van der Waals surface area contributed by atoms with Crippen molar-refractivity contribution in [1.82, 2.24) is 0 Å². The maximum absolute atomic E-state index is 13.3. The summed E-state index contributed by atoms with van der Waals surface area (Å²) in [6.45, 7) is 3.32. The van der Waals surface area contributed by atoms with Crippen molar-refractivity contribution in [3.8, 4) is 0 Å². The van der Waals surface area contributed by atoms with Crippen molar-refractivity contribution in [3.63, 3.8) is 0 Å². The topological polar surface area (TPSA) is 27.7 Å². The van der Waals surface area contributed by atoms with Crippen molar-refractivity contribution in [2.45, 2.75) is 64.2 Å². The fraction of sp³-hybridized carbons (Fsp3) is 1.00. The third-order valence-electron chi connectivity index (χ3n) is 3.81. The molecule has 0 aromatic heterocycles. The molecular formula is C13H23BF9O3Si-. The summed E-state index contributed by atoms with van der Waals surface area (Å²) < 4.78 is 135. The largest absolute Gasteiger partial charge is 0.465 e. The highest BCUT2D eigenvalue weighted by atomic mass is 28.4. The van der Waals surface area contributed by atoms with Crippen molar-refractivity contribution in [2.24, 2.45) is 0 Å². The van der Waals surface area contributed by atoms with E-state index in [9.17, 15) is 39.5 Å². The molecule has 3 nitrogen and oxygen atoms in total. The number of hydrogen-bond donors (Lipinski definition) is 0. The molecule has 14 heteroatoms. The Bertz CT molecular complexity index is 382. The molecule has 0 amide bonds. The molecule has 0 aliphatic carbocycles. The van der Waals surface area contributed by atoms with Gasteiger partial charge in [-0.2, -0.15) is 0 Å². The van der Waals surface area contributed by atoms with Gasteiger partial charge in [0.1, 0.15) is 0 Å². The van der Waals surface area contributed by atoms with E-state index in [2.05, 4.69) is 0 Å². The van der Waals surface area contributed by atoms with Gasteiger partial charge in [-0.3, -0.25) is 0 Å². The lowest BCUT2D eigenvalue weighted by Gasteiger charge is -2.47. The summed E-state index contributed by atoms with van der Waals surface area (Å²) in [5.74, 6) is -2.45. The second-order valence-corrected chi connectivity index (χ2v) is 8.74. The zero-order valence-corrected chi connectivity index (χ0v) is 16.2.